The molecule has 2 bridgehead atoms. The van der Waals surface area contributed by atoms with Gasteiger partial charge < -0.3 is 5.32 Å². The van der Waals surface area contributed by atoms with Gasteiger partial charge in [-0.1, -0.05) is 28.1 Å². The molecular formula is C24H25BrN2O3. The smallest absolute Gasteiger partial charge is 0.233 e. The topological polar surface area (TPSA) is 66.5 Å². The molecule has 5 aliphatic carbocycles. The van der Waals surface area contributed by atoms with Crippen molar-refractivity contribution in [2.75, 3.05) is 5.32 Å². The van der Waals surface area contributed by atoms with Crippen molar-refractivity contribution in [1.29, 1.82) is 0 Å². The number of benzene rings is 1. The predicted octanol–water partition coefficient (Wildman–Crippen LogP) is 4.00. The fourth-order valence-electron chi connectivity index (χ4n) is 6.71. The third-order valence-corrected chi connectivity index (χ3v) is 8.77. The van der Waals surface area contributed by atoms with Crippen LogP contribution in [0, 0.1) is 41.4 Å². The molecule has 1 aromatic rings. The van der Waals surface area contributed by atoms with Gasteiger partial charge in [0.15, 0.2) is 0 Å². The van der Waals surface area contributed by atoms with E-state index in [-0.39, 0.29) is 53.4 Å². The van der Waals surface area contributed by atoms with Crippen LogP contribution in [0.4, 0.5) is 5.69 Å². The summed E-state index contributed by atoms with van der Waals surface area (Å²) in [4.78, 5) is 40.8. The fraction of sp³-hybridized carbons (Fsp3) is 0.542. The number of imide groups is 1. The normalized spacial score (nSPS) is 40.9. The second kappa shape index (κ2) is 6.78. The van der Waals surface area contributed by atoms with E-state index in [1.807, 2.05) is 24.3 Å². The number of rotatable bonds is 3. The minimum atomic E-state index is -0.116. The van der Waals surface area contributed by atoms with Crippen LogP contribution in [0.1, 0.15) is 32.1 Å². The molecule has 4 fully saturated rings. The monoisotopic (exact) mass is 468 g/mol. The molecule has 1 aliphatic heterocycles. The van der Waals surface area contributed by atoms with Crippen LogP contribution >= 0.6 is 15.9 Å². The Kier molecular flexibility index (Phi) is 4.24. The van der Waals surface area contributed by atoms with Gasteiger partial charge >= 0.3 is 0 Å². The molecule has 0 unspecified atom stereocenters. The van der Waals surface area contributed by atoms with Gasteiger partial charge in [-0.3, -0.25) is 19.3 Å². The molecule has 1 aromatic carbocycles. The molecule has 156 valence electrons. The number of carbonyl (C=O) groups excluding carboxylic acids is 3. The first-order chi connectivity index (χ1) is 14.5. The highest BCUT2D eigenvalue weighted by atomic mass is 79.9. The summed E-state index contributed by atoms with van der Waals surface area (Å²) in [7, 11) is 0. The van der Waals surface area contributed by atoms with Gasteiger partial charge in [-0.2, -0.15) is 0 Å². The molecule has 0 radical (unpaired) electrons. The van der Waals surface area contributed by atoms with Crippen molar-refractivity contribution in [1.82, 2.24) is 4.90 Å². The molecule has 6 atom stereocenters. The van der Waals surface area contributed by atoms with Crippen LogP contribution in [0.5, 0.6) is 0 Å². The molecule has 1 saturated heterocycles. The van der Waals surface area contributed by atoms with E-state index >= 15 is 0 Å². The first-order valence-corrected chi connectivity index (χ1v) is 11.9. The lowest BCUT2D eigenvalue weighted by Gasteiger charge is -2.37. The fourth-order valence-corrected chi connectivity index (χ4v) is 6.98. The molecule has 7 rings (SSSR count). The quantitative estimate of drug-likeness (QED) is 0.538. The predicted molar refractivity (Wildman–Crippen MR) is 115 cm³/mol. The van der Waals surface area contributed by atoms with Crippen molar-refractivity contribution in [3.63, 3.8) is 0 Å². The van der Waals surface area contributed by atoms with E-state index in [1.165, 1.54) is 6.42 Å². The summed E-state index contributed by atoms with van der Waals surface area (Å²) in [6, 6.07) is 7.53. The number of nitrogens with zero attached hydrogens (tertiary/aromatic N) is 1. The third kappa shape index (κ3) is 2.75. The van der Waals surface area contributed by atoms with Crippen LogP contribution in [-0.4, -0.2) is 28.7 Å². The lowest BCUT2D eigenvalue weighted by atomic mass is 9.63. The van der Waals surface area contributed by atoms with Crippen molar-refractivity contribution in [2.24, 2.45) is 41.4 Å². The Morgan fingerprint density at radius 3 is 2.03 bits per heavy atom. The second-order valence-electron chi connectivity index (χ2n) is 9.70. The van der Waals surface area contributed by atoms with Crippen molar-refractivity contribution >= 4 is 39.3 Å². The summed E-state index contributed by atoms with van der Waals surface area (Å²) in [5, 5.41) is 3.00. The SMILES string of the molecule is O=C(Nc1ccc(Br)cc1)C1CCC(N2C(=O)[C@H]3[C@@H]4C=C[C@H]([C@@H]5C[C@H]45)[C@@H]3C2=O)CC1. The summed E-state index contributed by atoms with van der Waals surface area (Å²) in [6.07, 6.45) is 8.52. The maximum atomic E-state index is 13.3. The first kappa shape index (κ1) is 18.8. The van der Waals surface area contributed by atoms with E-state index < -0.39 is 0 Å². The van der Waals surface area contributed by atoms with Gasteiger partial charge in [0.1, 0.15) is 0 Å². The Morgan fingerprint density at radius 2 is 1.47 bits per heavy atom. The van der Waals surface area contributed by atoms with Gasteiger partial charge in [0.2, 0.25) is 17.7 Å². The van der Waals surface area contributed by atoms with E-state index in [1.54, 1.807) is 4.90 Å². The highest BCUT2D eigenvalue weighted by Gasteiger charge is 2.67. The summed E-state index contributed by atoms with van der Waals surface area (Å²) >= 11 is 3.40. The molecule has 6 aliphatic rings. The van der Waals surface area contributed by atoms with Crippen LogP contribution < -0.4 is 5.32 Å². The average molecular weight is 469 g/mol. The number of amides is 3. The van der Waals surface area contributed by atoms with Crippen molar-refractivity contribution in [3.05, 3.63) is 40.9 Å². The number of nitrogens with one attached hydrogen (secondary N) is 1. The molecule has 3 saturated carbocycles. The highest BCUT2D eigenvalue weighted by Crippen LogP contribution is 2.65. The molecular weight excluding hydrogens is 444 g/mol. The van der Waals surface area contributed by atoms with Crippen molar-refractivity contribution in [3.8, 4) is 0 Å². The lowest BCUT2D eigenvalue weighted by molar-refractivity contribution is -0.144. The van der Waals surface area contributed by atoms with Gasteiger partial charge in [0, 0.05) is 22.1 Å². The Morgan fingerprint density at radius 1 is 0.900 bits per heavy atom. The molecule has 5 nitrogen and oxygen atoms in total. The maximum absolute atomic E-state index is 13.3. The second-order valence-corrected chi connectivity index (χ2v) is 10.6. The zero-order valence-corrected chi connectivity index (χ0v) is 18.3. The minimum Gasteiger partial charge on any atom is -0.326 e. The summed E-state index contributed by atoms with van der Waals surface area (Å²) in [5.74, 6) is 1.70. The van der Waals surface area contributed by atoms with Crippen molar-refractivity contribution in [2.45, 2.75) is 38.1 Å². The van der Waals surface area contributed by atoms with E-state index in [9.17, 15) is 14.4 Å². The standard InChI is InChI=1S/C24H25BrN2O3/c25-13-3-5-14(6-4-13)26-22(28)12-1-7-15(8-2-12)27-23(29)20-16-9-10-17(19-11-18(16)19)21(20)24(27)30/h3-6,9-10,12,15-21H,1-2,7-8,11H2,(H,26,28)/t12?,15?,16-,17-,18-,19+,20+,21+/m1/s1. The zero-order valence-electron chi connectivity index (χ0n) is 16.7. The molecule has 1 heterocycles. The summed E-state index contributed by atoms with van der Waals surface area (Å²) in [5.41, 5.74) is 0.792. The third-order valence-electron chi connectivity index (χ3n) is 8.24. The minimum absolute atomic E-state index is 0.0332. The zero-order chi connectivity index (χ0) is 20.6. The number of anilines is 1. The number of hydrogen-bond donors (Lipinski definition) is 1. The highest BCUT2D eigenvalue weighted by molar-refractivity contribution is 9.10. The number of allylic oxidation sites excluding steroid dienone is 2. The number of halogens is 1. The molecule has 6 heteroatoms. The first-order valence-electron chi connectivity index (χ1n) is 11.1. The number of carbonyl (C=O) groups is 3. The Hall–Kier alpha value is -1.95. The van der Waals surface area contributed by atoms with Crippen LogP contribution in [0.15, 0.2) is 40.9 Å². The lowest BCUT2D eigenvalue weighted by Crippen LogP contribution is -2.44. The van der Waals surface area contributed by atoms with Crippen LogP contribution in [0.25, 0.3) is 0 Å². The van der Waals surface area contributed by atoms with Crippen LogP contribution in [-0.2, 0) is 14.4 Å². The summed E-state index contributed by atoms with van der Waals surface area (Å²) < 4.78 is 0.975. The van der Waals surface area contributed by atoms with E-state index in [2.05, 4.69) is 33.4 Å². The molecule has 1 N–H and O–H groups in total. The number of likely N-dealkylation sites (tertiary alicyclic amines) is 1. The van der Waals surface area contributed by atoms with E-state index in [0.717, 1.165) is 35.8 Å². The Bertz CT molecular complexity index is 914. The van der Waals surface area contributed by atoms with Crippen LogP contribution in [0.2, 0.25) is 0 Å². The maximum Gasteiger partial charge on any atom is 0.233 e. The van der Waals surface area contributed by atoms with Gasteiger partial charge in [0.05, 0.1) is 11.8 Å². The van der Waals surface area contributed by atoms with Crippen molar-refractivity contribution < 1.29 is 14.4 Å². The van der Waals surface area contributed by atoms with Gasteiger partial charge in [-0.15, -0.1) is 0 Å². The summed E-state index contributed by atoms with van der Waals surface area (Å²) in [6.45, 7) is 0. The molecule has 0 aromatic heterocycles. The van der Waals surface area contributed by atoms with E-state index in [0.29, 0.717) is 11.8 Å². The molecule has 3 amide bonds. The number of hydrogen-bond acceptors (Lipinski definition) is 3. The van der Waals surface area contributed by atoms with Gasteiger partial charge in [-0.25, -0.2) is 0 Å². The molecule has 30 heavy (non-hydrogen) atoms. The van der Waals surface area contributed by atoms with E-state index in [4.69, 9.17) is 0 Å². The van der Waals surface area contributed by atoms with Crippen LogP contribution in [0.3, 0.4) is 0 Å². The van der Waals surface area contributed by atoms with Gasteiger partial charge in [-0.05, 0) is 80.0 Å². The van der Waals surface area contributed by atoms with Gasteiger partial charge in [0.25, 0.3) is 0 Å². The Balaban J connectivity index is 1.11. The Labute approximate surface area is 184 Å². The average Bonchev–Trinajstić information content (AvgIpc) is 3.53. The molecule has 0 spiro atoms. The largest absolute Gasteiger partial charge is 0.326 e.